The smallest absolute Gasteiger partial charge is 0.152 e. The molecular weight excluding hydrogens is 198 g/mol. The molecule has 1 saturated heterocycles. The monoisotopic (exact) mass is 225 g/mol. The van der Waals surface area contributed by atoms with Gasteiger partial charge in [-0.2, -0.15) is 0 Å². The van der Waals surface area contributed by atoms with Crippen molar-refractivity contribution < 1.29 is 4.79 Å². The van der Waals surface area contributed by atoms with Gasteiger partial charge < -0.3 is 0 Å². The van der Waals surface area contributed by atoms with E-state index in [9.17, 15) is 4.79 Å². The van der Waals surface area contributed by atoms with Crippen LogP contribution in [0.4, 0.5) is 0 Å². The molecule has 0 aliphatic carbocycles. The SMILES string of the molecule is CCC1CC(C(=O)C(C)C)N(C(C)(C)C)C1. The molecule has 1 fully saturated rings. The van der Waals surface area contributed by atoms with E-state index in [-0.39, 0.29) is 17.5 Å². The Morgan fingerprint density at radius 2 is 1.94 bits per heavy atom. The molecule has 2 nitrogen and oxygen atoms in total. The molecule has 94 valence electrons. The van der Waals surface area contributed by atoms with Gasteiger partial charge in [-0.05, 0) is 33.1 Å². The van der Waals surface area contributed by atoms with Gasteiger partial charge in [0.15, 0.2) is 5.78 Å². The summed E-state index contributed by atoms with van der Waals surface area (Å²) in [7, 11) is 0. The van der Waals surface area contributed by atoms with Crippen molar-refractivity contribution in [3.8, 4) is 0 Å². The van der Waals surface area contributed by atoms with Crippen LogP contribution in [0.25, 0.3) is 0 Å². The summed E-state index contributed by atoms with van der Waals surface area (Å²) in [6.07, 6.45) is 2.25. The van der Waals surface area contributed by atoms with Crippen molar-refractivity contribution in [3.05, 3.63) is 0 Å². The summed E-state index contributed by atoms with van der Waals surface area (Å²) in [4.78, 5) is 14.6. The summed E-state index contributed by atoms with van der Waals surface area (Å²) in [5.74, 6) is 1.28. The maximum atomic E-state index is 12.2. The van der Waals surface area contributed by atoms with Gasteiger partial charge in [-0.3, -0.25) is 9.69 Å². The lowest BCUT2D eigenvalue weighted by Crippen LogP contribution is -2.48. The highest BCUT2D eigenvalue weighted by Gasteiger charge is 2.41. The van der Waals surface area contributed by atoms with Gasteiger partial charge in [-0.1, -0.05) is 27.2 Å². The quantitative estimate of drug-likeness (QED) is 0.735. The minimum Gasteiger partial charge on any atom is -0.298 e. The Labute approximate surface area is 100 Å². The van der Waals surface area contributed by atoms with E-state index in [1.165, 1.54) is 6.42 Å². The van der Waals surface area contributed by atoms with Gasteiger partial charge in [-0.15, -0.1) is 0 Å². The molecule has 0 aromatic heterocycles. The molecule has 0 amide bonds. The highest BCUT2D eigenvalue weighted by molar-refractivity contribution is 5.86. The van der Waals surface area contributed by atoms with Gasteiger partial charge >= 0.3 is 0 Å². The molecule has 0 bridgehead atoms. The van der Waals surface area contributed by atoms with E-state index in [4.69, 9.17) is 0 Å². The lowest BCUT2D eigenvalue weighted by Gasteiger charge is -2.37. The van der Waals surface area contributed by atoms with Gasteiger partial charge in [0.25, 0.3) is 0 Å². The number of carbonyl (C=O) groups excluding carboxylic acids is 1. The summed E-state index contributed by atoms with van der Waals surface area (Å²) >= 11 is 0. The molecule has 0 aromatic rings. The first-order valence-corrected chi connectivity index (χ1v) is 6.57. The molecule has 1 rings (SSSR count). The molecule has 1 aliphatic heterocycles. The fraction of sp³-hybridized carbons (Fsp3) is 0.929. The van der Waals surface area contributed by atoms with E-state index in [2.05, 4.69) is 32.6 Å². The summed E-state index contributed by atoms with van der Waals surface area (Å²) in [5, 5.41) is 0. The standard InChI is InChI=1S/C14H27NO/c1-7-11-8-12(13(16)10(2)3)15(9-11)14(4,5)6/h10-12H,7-9H2,1-6H3. The Balaban J connectivity index is 2.84. The van der Waals surface area contributed by atoms with Crippen LogP contribution in [-0.2, 0) is 4.79 Å². The van der Waals surface area contributed by atoms with Crippen LogP contribution in [0.3, 0.4) is 0 Å². The summed E-state index contributed by atoms with van der Waals surface area (Å²) < 4.78 is 0. The van der Waals surface area contributed by atoms with Crippen LogP contribution in [0, 0.1) is 11.8 Å². The Bertz CT molecular complexity index is 252. The maximum absolute atomic E-state index is 12.2. The number of nitrogens with zero attached hydrogens (tertiary/aromatic N) is 1. The van der Waals surface area contributed by atoms with E-state index in [0.29, 0.717) is 11.7 Å². The lowest BCUT2D eigenvalue weighted by atomic mass is 9.94. The summed E-state index contributed by atoms with van der Waals surface area (Å²) in [6.45, 7) is 14.0. The number of hydrogen-bond donors (Lipinski definition) is 0. The highest BCUT2D eigenvalue weighted by Crippen LogP contribution is 2.33. The van der Waals surface area contributed by atoms with Crippen molar-refractivity contribution in [2.24, 2.45) is 11.8 Å². The molecule has 0 saturated carbocycles. The topological polar surface area (TPSA) is 20.3 Å². The second-order valence-corrected chi connectivity index (χ2v) is 6.41. The Hall–Kier alpha value is -0.370. The molecule has 0 radical (unpaired) electrons. The van der Waals surface area contributed by atoms with Crippen molar-refractivity contribution in [1.29, 1.82) is 0 Å². The van der Waals surface area contributed by atoms with Crippen LogP contribution < -0.4 is 0 Å². The molecule has 1 aliphatic rings. The maximum Gasteiger partial charge on any atom is 0.152 e. The van der Waals surface area contributed by atoms with Crippen LogP contribution in [0.2, 0.25) is 0 Å². The van der Waals surface area contributed by atoms with Gasteiger partial charge in [0.2, 0.25) is 0 Å². The van der Waals surface area contributed by atoms with Crippen LogP contribution in [0.1, 0.15) is 54.4 Å². The van der Waals surface area contributed by atoms with Crippen LogP contribution >= 0.6 is 0 Å². The van der Waals surface area contributed by atoms with E-state index in [1.54, 1.807) is 0 Å². The number of hydrogen-bond acceptors (Lipinski definition) is 2. The van der Waals surface area contributed by atoms with Crippen molar-refractivity contribution in [2.75, 3.05) is 6.54 Å². The molecule has 2 heteroatoms. The van der Waals surface area contributed by atoms with E-state index >= 15 is 0 Å². The summed E-state index contributed by atoms with van der Waals surface area (Å²) in [6, 6.07) is 0.157. The molecule has 0 N–H and O–H groups in total. The summed E-state index contributed by atoms with van der Waals surface area (Å²) in [5.41, 5.74) is 0.110. The van der Waals surface area contributed by atoms with Crippen LogP contribution in [0.15, 0.2) is 0 Å². The molecule has 0 spiro atoms. The predicted octanol–water partition coefficient (Wildman–Crippen LogP) is 3.11. The molecule has 1 heterocycles. The third kappa shape index (κ3) is 2.85. The fourth-order valence-corrected chi connectivity index (χ4v) is 2.61. The van der Waals surface area contributed by atoms with E-state index in [0.717, 1.165) is 13.0 Å². The average Bonchev–Trinajstić information content (AvgIpc) is 2.59. The van der Waals surface area contributed by atoms with Crippen LogP contribution in [-0.4, -0.2) is 28.8 Å². The number of carbonyl (C=O) groups is 1. The van der Waals surface area contributed by atoms with Gasteiger partial charge in [0.1, 0.15) is 0 Å². The first-order chi connectivity index (χ1) is 7.27. The minimum absolute atomic E-state index is 0.110. The molecule has 2 atom stereocenters. The Morgan fingerprint density at radius 1 is 1.38 bits per heavy atom. The predicted molar refractivity (Wildman–Crippen MR) is 68.5 cm³/mol. The van der Waals surface area contributed by atoms with Gasteiger partial charge in [-0.25, -0.2) is 0 Å². The zero-order valence-corrected chi connectivity index (χ0v) is 11.7. The van der Waals surface area contributed by atoms with Crippen molar-refractivity contribution in [2.45, 2.75) is 66.0 Å². The second-order valence-electron chi connectivity index (χ2n) is 6.41. The Morgan fingerprint density at radius 3 is 2.31 bits per heavy atom. The molecule has 16 heavy (non-hydrogen) atoms. The first kappa shape index (κ1) is 13.7. The van der Waals surface area contributed by atoms with Gasteiger partial charge in [0, 0.05) is 18.0 Å². The normalized spacial score (nSPS) is 27.7. The van der Waals surface area contributed by atoms with E-state index < -0.39 is 0 Å². The molecule has 2 unspecified atom stereocenters. The fourth-order valence-electron chi connectivity index (χ4n) is 2.61. The molecule has 0 aromatic carbocycles. The zero-order chi connectivity index (χ0) is 12.5. The second kappa shape index (κ2) is 4.87. The van der Waals surface area contributed by atoms with Crippen molar-refractivity contribution >= 4 is 5.78 Å². The third-order valence-electron chi connectivity index (χ3n) is 3.72. The van der Waals surface area contributed by atoms with Gasteiger partial charge in [0.05, 0.1) is 6.04 Å². The average molecular weight is 225 g/mol. The third-order valence-corrected chi connectivity index (χ3v) is 3.72. The van der Waals surface area contributed by atoms with Crippen molar-refractivity contribution in [3.63, 3.8) is 0 Å². The largest absolute Gasteiger partial charge is 0.298 e. The zero-order valence-electron chi connectivity index (χ0n) is 11.7. The number of Topliss-reactive ketones (excluding diaryl/α,β-unsaturated/α-hetero) is 1. The van der Waals surface area contributed by atoms with Crippen LogP contribution in [0.5, 0.6) is 0 Å². The highest BCUT2D eigenvalue weighted by atomic mass is 16.1. The Kier molecular flexibility index (Phi) is 4.17. The number of ketones is 1. The van der Waals surface area contributed by atoms with Crippen molar-refractivity contribution in [1.82, 2.24) is 4.90 Å². The number of likely N-dealkylation sites (tertiary alicyclic amines) is 1. The first-order valence-electron chi connectivity index (χ1n) is 6.57. The minimum atomic E-state index is 0.110. The number of rotatable bonds is 3. The molecular formula is C14H27NO. The van der Waals surface area contributed by atoms with E-state index in [1.807, 2.05) is 13.8 Å². The lowest BCUT2D eigenvalue weighted by molar-refractivity contribution is -0.127.